The lowest BCUT2D eigenvalue weighted by atomic mass is 10.2. The van der Waals surface area contributed by atoms with Crippen molar-refractivity contribution in [1.29, 1.82) is 0 Å². The smallest absolute Gasteiger partial charge is 0.135 e. The predicted molar refractivity (Wildman–Crippen MR) is 54.9 cm³/mol. The summed E-state index contributed by atoms with van der Waals surface area (Å²) < 4.78 is 0. The summed E-state index contributed by atoms with van der Waals surface area (Å²) in [5.74, 6) is 5.17. The molecule has 0 fully saturated rings. The number of nitrogens with one attached hydrogen (secondary N) is 2. The Morgan fingerprint density at radius 1 is 1.50 bits per heavy atom. The van der Waals surface area contributed by atoms with Crippen LogP contribution in [0.25, 0.3) is 0 Å². The molecule has 12 heavy (non-hydrogen) atoms. The van der Waals surface area contributed by atoms with Gasteiger partial charge in [0, 0.05) is 5.69 Å². The average molecular weight is 183 g/mol. The number of hydrogen-bond donors (Lipinski definition) is 4. The van der Waals surface area contributed by atoms with Crippen LogP contribution in [0.2, 0.25) is 0 Å². The summed E-state index contributed by atoms with van der Waals surface area (Å²) in [4.78, 5) is 0. The number of hydrazine groups is 1. The van der Waals surface area contributed by atoms with Crippen LogP contribution in [0.3, 0.4) is 0 Å². The Morgan fingerprint density at radius 2 is 2.25 bits per heavy atom. The molecule has 1 aromatic rings. The van der Waals surface area contributed by atoms with Gasteiger partial charge in [-0.3, -0.25) is 5.84 Å². The van der Waals surface area contributed by atoms with Gasteiger partial charge in [0.05, 0.1) is 0 Å². The first-order chi connectivity index (χ1) is 5.72. The van der Waals surface area contributed by atoms with Crippen molar-refractivity contribution in [2.24, 2.45) is 5.84 Å². The van der Waals surface area contributed by atoms with Crippen molar-refractivity contribution in [3.63, 3.8) is 0 Å². The largest absolute Gasteiger partial charge is 0.361 e. The molecule has 0 heterocycles. The summed E-state index contributed by atoms with van der Waals surface area (Å²) in [5.41, 5.74) is 4.48. The third-order valence-electron chi connectivity index (χ3n) is 1.48. The Balaban J connectivity index is 2.63. The third kappa shape index (κ3) is 2.73. The molecule has 0 amide bonds. The minimum Gasteiger partial charge on any atom is -0.361 e. The van der Waals surface area contributed by atoms with Gasteiger partial charge < -0.3 is 5.32 Å². The molecule has 0 saturated carbocycles. The second kappa shape index (κ2) is 4.35. The molecule has 0 saturated heterocycles. The second-order valence-electron chi connectivity index (χ2n) is 2.58. The molecule has 0 aliphatic heterocycles. The fourth-order valence-electron chi connectivity index (χ4n) is 0.934. The van der Waals surface area contributed by atoms with Crippen LogP contribution in [-0.4, -0.2) is 5.50 Å². The molecule has 0 aliphatic carbocycles. The fraction of sp³-hybridized carbons (Fsp3) is 0.250. The van der Waals surface area contributed by atoms with Crippen LogP contribution < -0.4 is 16.6 Å². The molecular weight excluding hydrogens is 170 g/mol. The van der Waals surface area contributed by atoms with Crippen molar-refractivity contribution in [2.75, 3.05) is 5.32 Å². The molecule has 1 rings (SSSR count). The first-order valence-electron chi connectivity index (χ1n) is 3.70. The van der Waals surface area contributed by atoms with Gasteiger partial charge in [-0.25, -0.2) is 5.43 Å². The molecule has 3 nitrogen and oxygen atoms in total. The van der Waals surface area contributed by atoms with Gasteiger partial charge in [0.2, 0.25) is 0 Å². The Bertz CT molecular complexity index is 252. The minimum atomic E-state index is -0.216. The summed E-state index contributed by atoms with van der Waals surface area (Å²) in [7, 11) is 0. The van der Waals surface area contributed by atoms with E-state index >= 15 is 0 Å². The quantitative estimate of drug-likeness (QED) is 0.245. The number of benzene rings is 1. The molecule has 1 aromatic carbocycles. The van der Waals surface area contributed by atoms with Crippen LogP contribution in [0.4, 0.5) is 5.69 Å². The summed E-state index contributed by atoms with van der Waals surface area (Å²) in [6, 6.07) is 8.01. The van der Waals surface area contributed by atoms with E-state index in [2.05, 4.69) is 23.4 Å². The average Bonchev–Trinajstić information content (AvgIpc) is 2.04. The van der Waals surface area contributed by atoms with Crippen LogP contribution in [0.1, 0.15) is 5.56 Å². The van der Waals surface area contributed by atoms with Crippen molar-refractivity contribution in [3.8, 4) is 0 Å². The fourth-order valence-corrected chi connectivity index (χ4v) is 1.08. The second-order valence-corrected chi connectivity index (χ2v) is 3.10. The van der Waals surface area contributed by atoms with Crippen LogP contribution in [-0.2, 0) is 0 Å². The number of aryl methyl sites for hydroxylation is 1. The van der Waals surface area contributed by atoms with Gasteiger partial charge in [-0.2, -0.15) is 0 Å². The maximum atomic E-state index is 5.17. The van der Waals surface area contributed by atoms with E-state index in [1.807, 2.05) is 31.2 Å². The standard InChI is InChI=1S/C8H13N3S/c1-6-3-2-4-7(5-6)10-8(12)11-9/h2-5,8,10-12H,9H2,1H3. The van der Waals surface area contributed by atoms with Gasteiger partial charge in [-0.05, 0) is 24.6 Å². The molecule has 1 atom stereocenters. The highest BCUT2D eigenvalue weighted by atomic mass is 32.1. The van der Waals surface area contributed by atoms with E-state index in [-0.39, 0.29) is 5.50 Å². The molecular formula is C8H13N3S. The normalized spacial score (nSPS) is 12.6. The summed E-state index contributed by atoms with van der Waals surface area (Å²) in [6.07, 6.45) is 0. The molecule has 0 aromatic heterocycles. The Hall–Kier alpha value is -0.710. The van der Waals surface area contributed by atoms with E-state index in [4.69, 9.17) is 5.84 Å². The van der Waals surface area contributed by atoms with E-state index < -0.39 is 0 Å². The number of thiol groups is 1. The molecule has 0 bridgehead atoms. The van der Waals surface area contributed by atoms with Gasteiger partial charge in [0.25, 0.3) is 0 Å². The van der Waals surface area contributed by atoms with E-state index in [1.165, 1.54) is 5.56 Å². The summed E-state index contributed by atoms with van der Waals surface area (Å²) in [6.45, 7) is 2.04. The van der Waals surface area contributed by atoms with Crippen molar-refractivity contribution in [3.05, 3.63) is 29.8 Å². The molecule has 4 heteroatoms. The first kappa shape index (κ1) is 9.38. The number of rotatable bonds is 3. The van der Waals surface area contributed by atoms with Crippen LogP contribution in [0, 0.1) is 6.92 Å². The van der Waals surface area contributed by atoms with Gasteiger partial charge in [-0.15, -0.1) is 12.6 Å². The maximum Gasteiger partial charge on any atom is 0.135 e. The molecule has 0 radical (unpaired) electrons. The first-order valence-corrected chi connectivity index (χ1v) is 4.21. The zero-order valence-electron chi connectivity index (χ0n) is 6.91. The van der Waals surface area contributed by atoms with Crippen molar-refractivity contribution in [2.45, 2.75) is 12.4 Å². The monoisotopic (exact) mass is 183 g/mol. The molecule has 0 aliphatic rings. The highest BCUT2D eigenvalue weighted by molar-refractivity contribution is 7.81. The van der Waals surface area contributed by atoms with Crippen molar-refractivity contribution < 1.29 is 0 Å². The zero-order chi connectivity index (χ0) is 8.97. The van der Waals surface area contributed by atoms with E-state index in [0.29, 0.717) is 0 Å². The lowest BCUT2D eigenvalue weighted by Crippen LogP contribution is -2.36. The van der Waals surface area contributed by atoms with E-state index in [1.54, 1.807) is 0 Å². The van der Waals surface area contributed by atoms with E-state index in [0.717, 1.165) is 5.69 Å². The summed E-state index contributed by atoms with van der Waals surface area (Å²) in [5, 5.41) is 3.06. The van der Waals surface area contributed by atoms with Crippen molar-refractivity contribution in [1.82, 2.24) is 5.43 Å². The Kier molecular flexibility index (Phi) is 3.40. The van der Waals surface area contributed by atoms with Crippen molar-refractivity contribution >= 4 is 18.3 Å². The Labute approximate surface area is 77.7 Å². The van der Waals surface area contributed by atoms with Crippen LogP contribution in [0.5, 0.6) is 0 Å². The van der Waals surface area contributed by atoms with E-state index in [9.17, 15) is 0 Å². The van der Waals surface area contributed by atoms with Crippen LogP contribution >= 0.6 is 12.6 Å². The highest BCUT2D eigenvalue weighted by Crippen LogP contribution is 2.10. The summed E-state index contributed by atoms with van der Waals surface area (Å²) >= 11 is 4.13. The minimum absolute atomic E-state index is 0.216. The Morgan fingerprint density at radius 3 is 2.83 bits per heavy atom. The highest BCUT2D eigenvalue weighted by Gasteiger charge is 1.97. The number of hydrogen-bond acceptors (Lipinski definition) is 4. The molecule has 1 unspecified atom stereocenters. The number of nitrogens with two attached hydrogens (primary N) is 1. The van der Waals surface area contributed by atoms with Gasteiger partial charge in [0.15, 0.2) is 0 Å². The van der Waals surface area contributed by atoms with Crippen LogP contribution in [0.15, 0.2) is 24.3 Å². The molecule has 66 valence electrons. The van der Waals surface area contributed by atoms with Gasteiger partial charge in [-0.1, -0.05) is 12.1 Å². The lowest BCUT2D eigenvalue weighted by molar-refractivity contribution is 0.748. The predicted octanol–water partition coefficient (Wildman–Crippen LogP) is 1.08. The SMILES string of the molecule is Cc1cccc(NC(S)NN)c1. The lowest BCUT2D eigenvalue weighted by Gasteiger charge is -2.12. The zero-order valence-corrected chi connectivity index (χ0v) is 7.81. The third-order valence-corrected chi connectivity index (χ3v) is 1.76. The maximum absolute atomic E-state index is 5.17. The molecule has 4 N–H and O–H groups in total. The molecule has 0 spiro atoms. The van der Waals surface area contributed by atoms with Gasteiger partial charge >= 0.3 is 0 Å². The van der Waals surface area contributed by atoms with Gasteiger partial charge in [0.1, 0.15) is 5.50 Å². The number of anilines is 1. The topological polar surface area (TPSA) is 50.1 Å².